The topological polar surface area (TPSA) is 114 Å². The molecule has 3 heterocycles. The van der Waals surface area contributed by atoms with Gasteiger partial charge in [0.05, 0.1) is 5.56 Å². The zero-order valence-electron chi connectivity index (χ0n) is 19.6. The predicted octanol–water partition coefficient (Wildman–Crippen LogP) is 2.94. The van der Waals surface area contributed by atoms with Crippen LogP contribution in [0.25, 0.3) is 0 Å². The number of nitrogens with one attached hydrogen (secondary N) is 4. The Hall–Kier alpha value is -3.00. The molecule has 0 bridgehead atoms. The molecular weight excluding hydrogens is 404 g/mol. The summed E-state index contributed by atoms with van der Waals surface area (Å²) >= 11 is 0. The second-order valence-corrected chi connectivity index (χ2v) is 9.00. The lowest BCUT2D eigenvalue weighted by molar-refractivity contribution is 0.0950. The molecule has 1 saturated heterocycles. The molecule has 1 aliphatic heterocycles. The predicted molar refractivity (Wildman–Crippen MR) is 128 cm³/mol. The SMILES string of the molecule is Cc1cc(C)c(CNC(=O)c2cc(C3CCN(C)CC3)nc(NC(C)C)c2C=N)c(=O)[nH]1. The number of aryl methyl sites for hydroxylation is 2. The molecule has 0 atom stereocenters. The summed E-state index contributed by atoms with van der Waals surface area (Å²) in [7, 11) is 2.11. The van der Waals surface area contributed by atoms with E-state index in [2.05, 4.69) is 27.6 Å². The minimum absolute atomic E-state index is 0.110. The maximum atomic E-state index is 13.2. The molecule has 2 aromatic heterocycles. The average Bonchev–Trinajstić information content (AvgIpc) is 2.72. The number of hydrogen-bond donors (Lipinski definition) is 4. The van der Waals surface area contributed by atoms with Crippen LogP contribution in [0.5, 0.6) is 0 Å². The molecule has 1 fully saturated rings. The van der Waals surface area contributed by atoms with E-state index >= 15 is 0 Å². The van der Waals surface area contributed by atoms with Gasteiger partial charge >= 0.3 is 0 Å². The molecule has 0 aromatic carbocycles. The molecule has 2 aromatic rings. The van der Waals surface area contributed by atoms with E-state index in [1.165, 1.54) is 6.21 Å². The van der Waals surface area contributed by atoms with Crippen molar-refractivity contribution in [3.8, 4) is 0 Å². The zero-order chi connectivity index (χ0) is 23.4. The highest BCUT2D eigenvalue weighted by molar-refractivity contribution is 6.04. The first kappa shape index (κ1) is 23.7. The van der Waals surface area contributed by atoms with Gasteiger partial charge in [0.2, 0.25) is 0 Å². The van der Waals surface area contributed by atoms with Crippen LogP contribution in [0, 0.1) is 19.3 Å². The number of anilines is 1. The van der Waals surface area contributed by atoms with Crippen LogP contribution in [-0.4, -0.2) is 53.2 Å². The van der Waals surface area contributed by atoms with E-state index in [0.717, 1.165) is 42.9 Å². The number of likely N-dealkylation sites (tertiary alicyclic amines) is 1. The van der Waals surface area contributed by atoms with Crippen LogP contribution in [0.4, 0.5) is 5.82 Å². The van der Waals surface area contributed by atoms with Gasteiger partial charge in [0.15, 0.2) is 0 Å². The standard InChI is InChI=1S/C24H34N6O2/c1-14(2)27-22-19(12-25)18(11-21(29-22)17-6-8-30(5)9-7-17)23(31)26-13-20-15(3)10-16(4)28-24(20)32/h10-12,14,17,25H,6-9,13H2,1-5H3,(H,26,31)(H,27,29)(H,28,32). The lowest BCUT2D eigenvalue weighted by Crippen LogP contribution is -2.31. The van der Waals surface area contributed by atoms with Gasteiger partial charge in [0, 0.05) is 47.2 Å². The lowest BCUT2D eigenvalue weighted by Gasteiger charge is -2.29. The van der Waals surface area contributed by atoms with Crippen molar-refractivity contribution < 1.29 is 4.79 Å². The Morgan fingerprint density at radius 1 is 1.31 bits per heavy atom. The van der Waals surface area contributed by atoms with E-state index in [4.69, 9.17) is 10.4 Å². The first-order valence-corrected chi connectivity index (χ1v) is 11.2. The Morgan fingerprint density at radius 2 is 2.00 bits per heavy atom. The molecule has 0 unspecified atom stereocenters. The summed E-state index contributed by atoms with van der Waals surface area (Å²) in [6, 6.07) is 3.82. The molecule has 172 valence electrons. The molecule has 3 rings (SSSR count). The van der Waals surface area contributed by atoms with Crippen molar-refractivity contribution in [3.05, 3.63) is 56.1 Å². The Labute approximate surface area is 189 Å². The van der Waals surface area contributed by atoms with Gasteiger partial charge in [-0.3, -0.25) is 9.59 Å². The molecule has 0 aliphatic carbocycles. The average molecular weight is 439 g/mol. The molecule has 1 aliphatic rings. The molecule has 8 heteroatoms. The van der Waals surface area contributed by atoms with Crippen molar-refractivity contribution in [2.24, 2.45) is 0 Å². The molecule has 4 N–H and O–H groups in total. The lowest BCUT2D eigenvalue weighted by atomic mass is 9.91. The van der Waals surface area contributed by atoms with Crippen LogP contribution >= 0.6 is 0 Å². The summed E-state index contributed by atoms with van der Waals surface area (Å²) < 4.78 is 0. The number of nitrogens with zero attached hydrogens (tertiary/aromatic N) is 2. The highest BCUT2D eigenvalue weighted by Gasteiger charge is 2.24. The molecule has 8 nitrogen and oxygen atoms in total. The monoisotopic (exact) mass is 438 g/mol. The summed E-state index contributed by atoms with van der Waals surface area (Å²) in [5, 5.41) is 14.1. The first-order chi connectivity index (χ1) is 15.2. The summed E-state index contributed by atoms with van der Waals surface area (Å²) in [6.45, 7) is 9.80. The fraction of sp³-hybridized carbons (Fsp3) is 0.500. The van der Waals surface area contributed by atoms with E-state index in [9.17, 15) is 9.59 Å². The summed E-state index contributed by atoms with van der Waals surface area (Å²) in [6.07, 6.45) is 3.14. The Bertz CT molecular complexity index is 1050. The normalized spacial score (nSPS) is 15.1. The number of aromatic amines is 1. The number of amides is 1. The first-order valence-electron chi connectivity index (χ1n) is 11.2. The van der Waals surface area contributed by atoms with Gasteiger partial charge in [0.1, 0.15) is 5.82 Å². The maximum absolute atomic E-state index is 13.2. The fourth-order valence-corrected chi connectivity index (χ4v) is 4.17. The number of pyridine rings is 2. The van der Waals surface area contributed by atoms with Gasteiger partial charge in [0.25, 0.3) is 11.5 Å². The zero-order valence-corrected chi connectivity index (χ0v) is 19.6. The smallest absolute Gasteiger partial charge is 0.253 e. The second kappa shape index (κ2) is 10.1. The van der Waals surface area contributed by atoms with Crippen molar-refractivity contribution in [3.63, 3.8) is 0 Å². The summed E-state index contributed by atoms with van der Waals surface area (Å²) in [5.74, 6) is 0.514. The number of carbonyl (C=O) groups excluding carboxylic acids is 1. The Morgan fingerprint density at radius 3 is 2.59 bits per heavy atom. The number of aromatic nitrogens is 2. The number of hydrogen-bond acceptors (Lipinski definition) is 6. The molecule has 0 radical (unpaired) electrons. The minimum atomic E-state index is -0.314. The van der Waals surface area contributed by atoms with Crippen molar-refractivity contribution in [2.45, 2.75) is 59.0 Å². The van der Waals surface area contributed by atoms with E-state index in [0.29, 0.717) is 22.5 Å². The number of H-pyrrole nitrogens is 1. The van der Waals surface area contributed by atoms with Gasteiger partial charge in [-0.2, -0.15) is 0 Å². The summed E-state index contributed by atoms with van der Waals surface area (Å²) in [5.41, 5.74) is 3.71. The molecule has 0 saturated carbocycles. The molecule has 0 spiro atoms. The summed E-state index contributed by atoms with van der Waals surface area (Å²) in [4.78, 5) is 35.4. The van der Waals surface area contributed by atoms with Gasteiger partial charge in [-0.05, 0) is 78.4 Å². The third kappa shape index (κ3) is 5.43. The van der Waals surface area contributed by atoms with Gasteiger partial charge in [-0.1, -0.05) is 0 Å². The third-order valence-corrected chi connectivity index (χ3v) is 5.95. The minimum Gasteiger partial charge on any atom is -0.367 e. The van der Waals surface area contributed by atoms with Crippen molar-refractivity contribution in [1.29, 1.82) is 5.41 Å². The quantitative estimate of drug-likeness (QED) is 0.496. The number of rotatable bonds is 7. The van der Waals surface area contributed by atoms with Crippen LogP contribution in [-0.2, 0) is 6.54 Å². The second-order valence-electron chi connectivity index (χ2n) is 9.00. The molecular formula is C24H34N6O2. The largest absolute Gasteiger partial charge is 0.367 e. The van der Waals surface area contributed by atoms with Gasteiger partial charge in [-0.15, -0.1) is 0 Å². The highest BCUT2D eigenvalue weighted by Crippen LogP contribution is 2.30. The highest BCUT2D eigenvalue weighted by atomic mass is 16.1. The molecule has 1 amide bonds. The van der Waals surface area contributed by atoms with Crippen LogP contribution in [0.3, 0.4) is 0 Å². The van der Waals surface area contributed by atoms with Gasteiger partial charge < -0.3 is 25.9 Å². The van der Waals surface area contributed by atoms with E-state index in [-0.39, 0.29) is 30.0 Å². The number of piperidine rings is 1. The van der Waals surface area contributed by atoms with E-state index < -0.39 is 0 Å². The van der Waals surface area contributed by atoms with Crippen LogP contribution < -0.4 is 16.2 Å². The van der Waals surface area contributed by atoms with Crippen LogP contribution in [0.15, 0.2) is 16.9 Å². The Balaban J connectivity index is 1.94. The van der Waals surface area contributed by atoms with Crippen molar-refractivity contribution in [1.82, 2.24) is 20.2 Å². The third-order valence-electron chi connectivity index (χ3n) is 5.95. The van der Waals surface area contributed by atoms with Crippen molar-refractivity contribution >= 4 is 17.9 Å². The van der Waals surface area contributed by atoms with Crippen molar-refractivity contribution in [2.75, 3.05) is 25.5 Å². The van der Waals surface area contributed by atoms with E-state index in [1.807, 2.05) is 39.8 Å². The van der Waals surface area contributed by atoms with E-state index in [1.54, 1.807) is 0 Å². The van der Waals surface area contributed by atoms with Crippen LogP contribution in [0.2, 0.25) is 0 Å². The molecule has 32 heavy (non-hydrogen) atoms. The Kier molecular flexibility index (Phi) is 7.45. The fourth-order valence-electron chi connectivity index (χ4n) is 4.17. The number of carbonyl (C=O) groups is 1. The van der Waals surface area contributed by atoms with Gasteiger partial charge in [-0.25, -0.2) is 4.98 Å². The van der Waals surface area contributed by atoms with Crippen LogP contribution in [0.1, 0.15) is 71.0 Å². The maximum Gasteiger partial charge on any atom is 0.253 e.